The van der Waals surface area contributed by atoms with Gasteiger partial charge in [0.15, 0.2) is 0 Å². The summed E-state index contributed by atoms with van der Waals surface area (Å²) in [5.41, 5.74) is 11.1. The molecule has 3 nitrogen and oxygen atoms in total. The number of likely N-dealkylation sites (N-methyl/N-ethyl adjacent to an activating group) is 2. The summed E-state index contributed by atoms with van der Waals surface area (Å²) in [6, 6.07) is 5.06. The van der Waals surface area contributed by atoms with E-state index in [-0.39, 0.29) is 0 Å². The van der Waals surface area contributed by atoms with Gasteiger partial charge in [-0.25, -0.2) is 0 Å². The van der Waals surface area contributed by atoms with Gasteiger partial charge in [-0.2, -0.15) is 0 Å². The van der Waals surface area contributed by atoms with Gasteiger partial charge in [-0.05, 0) is 44.0 Å². The van der Waals surface area contributed by atoms with Gasteiger partial charge in [-0.15, -0.1) is 0 Å². The Hall–Kier alpha value is -1.22. The van der Waals surface area contributed by atoms with Crippen molar-refractivity contribution in [1.82, 2.24) is 0 Å². The molecule has 1 atom stereocenters. The van der Waals surface area contributed by atoms with Crippen molar-refractivity contribution >= 4 is 11.4 Å². The van der Waals surface area contributed by atoms with E-state index in [1.807, 2.05) is 0 Å². The molecule has 1 aliphatic heterocycles. The second-order valence-corrected chi connectivity index (χ2v) is 5.17. The van der Waals surface area contributed by atoms with Crippen LogP contribution in [0, 0.1) is 13.8 Å². The van der Waals surface area contributed by atoms with Crippen molar-refractivity contribution in [3.63, 3.8) is 0 Å². The molecule has 0 radical (unpaired) electrons. The van der Waals surface area contributed by atoms with Gasteiger partial charge in [0, 0.05) is 26.7 Å². The Morgan fingerprint density at radius 2 is 2.00 bits per heavy atom. The third-order valence-electron chi connectivity index (χ3n) is 3.72. The molecule has 1 unspecified atom stereocenters. The lowest BCUT2D eigenvalue weighted by Crippen LogP contribution is -2.47. The predicted molar refractivity (Wildman–Crippen MR) is 75.0 cm³/mol. The molecule has 0 spiro atoms. The van der Waals surface area contributed by atoms with E-state index < -0.39 is 0 Å². The highest BCUT2D eigenvalue weighted by molar-refractivity contribution is 5.77. The number of nitrogens with two attached hydrogens (primary N) is 1. The molecule has 0 bridgehead atoms. The number of fused-ring (bicyclic) bond motifs is 1. The normalized spacial score (nSPS) is 19.5. The maximum atomic E-state index is 5.70. The molecule has 1 aliphatic rings. The molecule has 1 aromatic rings. The minimum Gasteiger partial charge on any atom is -0.371 e. The molecule has 0 fully saturated rings. The zero-order chi connectivity index (χ0) is 12.6. The minimum atomic E-state index is 0.527. The monoisotopic (exact) mass is 233 g/mol. The van der Waals surface area contributed by atoms with Gasteiger partial charge < -0.3 is 15.5 Å². The summed E-state index contributed by atoms with van der Waals surface area (Å²) in [4.78, 5) is 4.76. The average molecular weight is 233 g/mol. The maximum absolute atomic E-state index is 5.70. The van der Waals surface area contributed by atoms with Crippen LogP contribution in [0.4, 0.5) is 11.4 Å². The van der Waals surface area contributed by atoms with E-state index in [1.165, 1.54) is 22.5 Å². The van der Waals surface area contributed by atoms with Crippen molar-refractivity contribution in [1.29, 1.82) is 0 Å². The SMILES string of the molecule is Cc1cc(C)c2c(c1)N(C)CC(CCN)N2C. The maximum Gasteiger partial charge on any atom is 0.0634 e. The highest BCUT2D eigenvalue weighted by Crippen LogP contribution is 2.37. The third kappa shape index (κ3) is 2.12. The zero-order valence-electron chi connectivity index (χ0n) is 11.3. The number of hydrogen-bond donors (Lipinski definition) is 1. The first kappa shape index (κ1) is 12.2. The lowest BCUT2D eigenvalue weighted by atomic mass is 10.0. The molecule has 3 heteroatoms. The number of nitrogens with zero attached hydrogens (tertiary/aromatic N) is 2. The van der Waals surface area contributed by atoms with Crippen LogP contribution in [-0.2, 0) is 0 Å². The quantitative estimate of drug-likeness (QED) is 0.847. The van der Waals surface area contributed by atoms with Crippen LogP contribution in [0.2, 0.25) is 0 Å². The van der Waals surface area contributed by atoms with Crippen LogP contribution >= 0.6 is 0 Å². The molecule has 0 aromatic heterocycles. The molecule has 0 saturated carbocycles. The fourth-order valence-corrected chi connectivity index (χ4v) is 2.88. The second-order valence-electron chi connectivity index (χ2n) is 5.17. The summed E-state index contributed by atoms with van der Waals surface area (Å²) in [5, 5.41) is 0. The van der Waals surface area contributed by atoms with Crippen LogP contribution in [0.3, 0.4) is 0 Å². The number of hydrogen-bond acceptors (Lipinski definition) is 3. The van der Waals surface area contributed by atoms with Crippen molar-refractivity contribution in [3.8, 4) is 0 Å². The summed E-state index contributed by atoms with van der Waals surface area (Å²) in [5.74, 6) is 0. The van der Waals surface area contributed by atoms with E-state index in [2.05, 4.69) is 49.9 Å². The highest BCUT2D eigenvalue weighted by Gasteiger charge is 2.27. The summed E-state index contributed by atoms with van der Waals surface area (Å²) in [6.07, 6.45) is 1.05. The Morgan fingerprint density at radius 3 is 2.65 bits per heavy atom. The third-order valence-corrected chi connectivity index (χ3v) is 3.72. The van der Waals surface area contributed by atoms with Crippen molar-refractivity contribution < 1.29 is 0 Å². The Kier molecular flexibility index (Phi) is 3.29. The molecule has 1 heterocycles. The smallest absolute Gasteiger partial charge is 0.0634 e. The highest BCUT2D eigenvalue weighted by atomic mass is 15.3. The first-order valence-electron chi connectivity index (χ1n) is 6.30. The van der Waals surface area contributed by atoms with Crippen LogP contribution in [0.25, 0.3) is 0 Å². The second kappa shape index (κ2) is 4.57. The molecular formula is C14H23N3. The largest absolute Gasteiger partial charge is 0.371 e. The molecule has 0 saturated heterocycles. The van der Waals surface area contributed by atoms with Crippen LogP contribution < -0.4 is 15.5 Å². The van der Waals surface area contributed by atoms with E-state index in [0.717, 1.165) is 19.5 Å². The Balaban J connectivity index is 2.45. The summed E-state index contributed by atoms with van der Waals surface area (Å²) < 4.78 is 0. The molecular weight excluding hydrogens is 210 g/mol. The Labute approximate surface area is 104 Å². The van der Waals surface area contributed by atoms with Crippen molar-refractivity contribution in [2.75, 3.05) is 37.0 Å². The van der Waals surface area contributed by atoms with Crippen LogP contribution in [0.5, 0.6) is 0 Å². The van der Waals surface area contributed by atoms with Gasteiger partial charge in [-0.3, -0.25) is 0 Å². The van der Waals surface area contributed by atoms with Gasteiger partial charge in [0.2, 0.25) is 0 Å². The molecule has 2 N–H and O–H groups in total. The number of rotatable bonds is 2. The van der Waals surface area contributed by atoms with E-state index in [0.29, 0.717) is 6.04 Å². The molecule has 0 amide bonds. The number of anilines is 2. The number of benzene rings is 1. The molecule has 1 aromatic carbocycles. The molecule has 0 aliphatic carbocycles. The van der Waals surface area contributed by atoms with Crippen molar-refractivity contribution in [2.45, 2.75) is 26.3 Å². The Morgan fingerprint density at radius 1 is 1.29 bits per heavy atom. The lowest BCUT2D eigenvalue weighted by molar-refractivity contribution is 0.566. The van der Waals surface area contributed by atoms with Crippen LogP contribution in [0.1, 0.15) is 17.5 Å². The van der Waals surface area contributed by atoms with Crippen molar-refractivity contribution in [2.24, 2.45) is 5.73 Å². The van der Waals surface area contributed by atoms with Gasteiger partial charge >= 0.3 is 0 Å². The van der Waals surface area contributed by atoms with Crippen molar-refractivity contribution in [3.05, 3.63) is 23.3 Å². The molecule has 94 valence electrons. The van der Waals surface area contributed by atoms with E-state index in [9.17, 15) is 0 Å². The standard InChI is InChI=1S/C14H23N3/c1-10-7-11(2)14-13(8-10)16(3)9-12(5-6-15)17(14)4/h7-8,12H,5-6,9,15H2,1-4H3. The zero-order valence-corrected chi connectivity index (χ0v) is 11.3. The molecule has 2 rings (SSSR count). The Bertz CT molecular complexity index is 414. The first-order chi connectivity index (χ1) is 8.04. The number of aryl methyl sites for hydroxylation is 2. The minimum absolute atomic E-state index is 0.527. The topological polar surface area (TPSA) is 32.5 Å². The summed E-state index contributed by atoms with van der Waals surface area (Å²) in [6.45, 7) is 6.17. The first-order valence-corrected chi connectivity index (χ1v) is 6.30. The lowest BCUT2D eigenvalue weighted by Gasteiger charge is -2.42. The van der Waals surface area contributed by atoms with Gasteiger partial charge in [0.25, 0.3) is 0 Å². The van der Waals surface area contributed by atoms with Gasteiger partial charge in [-0.1, -0.05) is 6.07 Å². The fraction of sp³-hybridized carbons (Fsp3) is 0.571. The van der Waals surface area contributed by atoms with Crippen LogP contribution in [-0.4, -0.2) is 33.2 Å². The van der Waals surface area contributed by atoms with Crippen LogP contribution in [0.15, 0.2) is 12.1 Å². The fourth-order valence-electron chi connectivity index (χ4n) is 2.88. The average Bonchev–Trinajstić information content (AvgIpc) is 2.25. The van der Waals surface area contributed by atoms with E-state index in [1.54, 1.807) is 0 Å². The van der Waals surface area contributed by atoms with Gasteiger partial charge in [0.05, 0.1) is 11.4 Å². The van der Waals surface area contributed by atoms with E-state index in [4.69, 9.17) is 5.73 Å². The molecule has 17 heavy (non-hydrogen) atoms. The predicted octanol–water partition coefficient (Wildman–Crippen LogP) is 1.91. The summed E-state index contributed by atoms with van der Waals surface area (Å²) in [7, 11) is 4.36. The van der Waals surface area contributed by atoms with Gasteiger partial charge in [0.1, 0.15) is 0 Å². The summed E-state index contributed by atoms with van der Waals surface area (Å²) >= 11 is 0. The van der Waals surface area contributed by atoms with E-state index >= 15 is 0 Å².